The van der Waals surface area contributed by atoms with Crippen LogP contribution in [0.2, 0.25) is 5.02 Å². The highest BCUT2D eigenvalue weighted by molar-refractivity contribution is 6.30. The highest BCUT2D eigenvalue weighted by atomic mass is 35.5. The lowest BCUT2D eigenvalue weighted by Gasteiger charge is -2.07. The largest absolute Gasteiger partial charge is 0.347 e. The van der Waals surface area contributed by atoms with Gasteiger partial charge in [-0.2, -0.15) is 0 Å². The van der Waals surface area contributed by atoms with Gasteiger partial charge in [0.2, 0.25) is 0 Å². The number of halogens is 1. The van der Waals surface area contributed by atoms with Crippen molar-refractivity contribution in [2.24, 2.45) is 7.05 Å². The maximum atomic E-state index is 12.8. The number of hydrogen-bond acceptors (Lipinski definition) is 2. The molecule has 0 saturated carbocycles. The highest BCUT2D eigenvalue weighted by Gasteiger charge is 2.16. The summed E-state index contributed by atoms with van der Waals surface area (Å²) < 4.78 is 1.88. The van der Waals surface area contributed by atoms with Crippen LogP contribution >= 0.6 is 11.6 Å². The fourth-order valence-electron chi connectivity index (χ4n) is 3.23. The van der Waals surface area contributed by atoms with Crippen LogP contribution < -0.4 is 5.32 Å². The molecule has 0 saturated heterocycles. The van der Waals surface area contributed by atoms with Crippen LogP contribution in [-0.4, -0.2) is 15.5 Å². The number of pyridine rings is 1. The minimum Gasteiger partial charge on any atom is -0.347 e. The van der Waals surface area contributed by atoms with Crippen molar-refractivity contribution in [1.29, 1.82) is 0 Å². The van der Waals surface area contributed by atoms with Gasteiger partial charge in [0.05, 0.1) is 11.7 Å². The van der Waals surface area contributed by atoms with E-state index in [9.17, 15) is 4.79 Å². The third-order valence-electron chi connectivity index (χ3n) is 4.63. The molecule has 2 aromatic carbocycles. The molecule has 5 heteroatoms. The summed E-state index contributed by atoms with van der Waals surface area (Å²) >= 11 is 6.01. The number of carbonyl (C=O) groups excluding carboxylic acids is 1. The number of fused-ring (bicyclic) bond motifs is 1. The number of nitrogens with zero attached hydrogens (tertiary/aromatic N) is 2. The predicted octanol–water partition coefficient (Wildman–Crippen LogP) is 4.82. The molecule has 0 aliphatic heterocycles. The van der Waals surface area contributed by atoms with E-state index in [1.807, 2.05) is 78.5 Å². The minimum absolute atomic E-state index is 0.132. The average molecular weight is 376 g/mol. The van der Waals surface area contributed by atoms with Crippen molar-refractivity contribution in [3.63, 3.8) is 0 Å². The first-order chi connectivity index (χ1) is 13.1. The van der Waals surface area contributed by atoms with E-state index in [1.165, 1.54) is 0 Å². The lowest BCUT2D eigenvalue weighted by Crippen LogP contribution is -2.24. The lowest BCUT2D eigenvalue weighted by atomic mass is 10.0. The summed E-state index contributed by atoms with van der Waals surface area (Å²) in [6.45, 7) is 0.421. The Balaban J connectivity index is 1.66. The van der Waals surface area contributed by atoms with Gasteiger partial charge in [0.1, 0.15) is 5.69 Å². The van der Waals surface area contributed by atoms with Gasteiger partial charge in [-0.1, -0.05) is 54.1 Å². The van der Waals surface area contributed by atoms with Crippen LogP contribution in [0.4, 0.5) is 0 Å². The van der Waals surface area contributed by atoms with Gasteiger partial charge < -0.3 is 9.88 Å². The molecule has 4 aromatic rings. The predicted molar refractivity (Wildman–Crippen MR) is 109 cm³/mol. The minimum atomic E-state index is -0.132. The standard InChI is InChI=1S/C22H18ClN3O/c1-26-20(22(27)25-12-15-6-5-9-17(23)10-15)11-18-19(13-24-14-21(18)26)16-7-3-2-4-8-16/h2-11,13-14H,12H2,1H3,(H,25,27). The van der Waals surface area contributed by atoms with Crippen molar-refractivity contribution in [2.75, 3.05) is 0 Å². The first kappa shape index (κ1) is 17.3. The summed E-state index contributed by atoms with van der Waals surface area (Å²) in [7, 11) is 1.88. The van der Waals surface area contributed by atoms with Gasteiger partial charge in [-0.15, -0.1) is 0 Å². The van der Waals surface area contributed by atoms with Gasteiger partial charge in [-0.3, -0.25) is 9.78 Å². The van der Waals surface area contributed by atoms with Crippen LogP contribution in [0.15, 0.2) is 73.1 Å². The normalized spacial score (nSPS) is 10.9. The van der Waals surface area contributed by atoms with E-state index in [2.05, 4.69) is 10.3 Å². The summed E-state index contributed by atoms with van der Waals surface area (Å²) in [6.07, 6.45) is 3.63. The second-order valence-electron chi connectivity index (χ2n) is 6.39. The Morgan fingerprint density at radius 2 is 1.89 bits per heavy atom. The number of aromatic nitrogens is 2. The second-order valence-corrected chi connectivity index (χ2v) is 6.82. The Bertz CT molecular complexity index is 1120. The van der Waals surface area contributed by atoms with Crippen molar-refractivity contribution < 1.29 is 4.79 Å². The summed E-state index contributed by atoms with van der Waals surface area (Å²) in [4.78, 5) is 17.1. The Morgan fingerprint density at radius 3 is 2.67 bits per heavy atom. The molecule has 0 radical (unpaired) electrons. The van der Waals surface area contributed by atoms with Gasteiger partial charge in [-0.05, 0) is 29.3 Å². The molecule has 0 atom stereocenters. The molecule has 0 bridgehead atoms. The summed E-state index contributed by atoms with van der Waals surface area (Å²) in [5.74, 6) is -0.132. The van der Waals surface area contributed by atoms with E-state index in [-0.39, 0.29) is 5.91 Å². The molecule has 2 heterocycles. The first-order valence-electron chi connectivity index (χ1n) is 8.65. The van der Waals surface area contributed by atoms with Gasteiger partial charge >= 0.3 is 0 Å². The molecule has 0 fully saturated rings. The third kappa shape index (κ3) is 3.44. The molecule has 0 unspecified atom stereocenters. The van der Waals surface area contributed by atoms with E-state index in [0.29, 0.717) is 17.3 Å². The van der Waals surface area contributed by atoms with Crippen LogP contribution in [0, 0.1) is 0 Å². The van der Waals surface area contributed by atoms with Crippen LogP contribution in [-0.2, 0) is 13.6 Å². The monoisotopic (exact) mass is 375 g/mol. The smallest absolute Gasteiger partial charge is 0.268 e. The van der Waals surface area contributed by atoms with E-state index in [0.717, 1.165) is 27.6 Å². The van der Waals surface area contributed by atoms with E-state index >= 15 is 0 Å². The van der Waals surface area contributed by atoms with Crippen molar-refractivity contribution in [1.82, 2.24) is 14.9 Å². The highest BCUT2D eigenvalue weighted by Crippen LogP contribution is 2.29. The van der Waals surface area contributed by atoms with Crippen LogP contribution in [0.25, 0.3) is 22.0 Å². The molecule has 4 nitrogen and oxygen atoms in total. The Hall–Kier alpha value is -3.11. The number of benzene rings is 2. The number of amides is 1. The van der Waals surface area contributed by atoms with E-state index < -0.39 is 0 Å². The summed E-state index contributed by atoms with van der Waals surface area (Å²) in [6, 6.07) is 19.5. The number of aryl methyl sites for hydroxylation is 1. The summed E-state index contributed by atoms with van der Waals surface area (Å²) in [5, 5.41) is 4.63. The van der Waals surface area contributed by atoms with Crippen molar-refractivity contribution in [2.45, 2.75) is 6.54 Å². The zero-order valence-electron chi connectivity index (χ0n) is 14.8. The molecule has 2 aromatic heterocycles. The van der Waals surface area contributed by atoms with Gasteiger partial charge in [0.15, 0.2) is 0 Å². The second kappa shape index (κ2) is 7.25. The Kier molecular flexibility index (Phi) is 4.65. The SMILES string of the molecule is Cn1c(C(=O)NCc2cccc(Cl)c2)cc2c(-c3ccccc3)cncc21. The number of carbonyl (C=O) groups is 1. The third-order valence-corrected chi connectivity index (χ3v) is 4.86. The molecular weight excluding hydrogens is 358 g/mol. The molecule has 0 aliphatic rings. The fourth-order valence-corrected chi connectivity index (χ4v) is 3.44. The van der Waals surface area contributed by atoms with E-state index in [1.54, 1.807) is 6.20 Å². The number of hydrogen-bond donors (Lipinski definition) is 1. The van der Waals surface area contributed by atoms with Crippen molar-refractivity contribution >= 4 is 28.4 Å². The van der Waals surface area contributed by atoms with Crippen molar-refractivity contribution in [3.8, 4) is 11.1 Å². The van der Waals surface area contributed by atoms with Crippen LogP contribution in [0.5, 0.6) is 0 Å². The molecule has 1 N–H and O–H groups in total. The Labute approximate surface area is 162 Å². The van der Waals surface area contributed by atoms with Crippen LogP contribution in [0.1, 0.15) is 16.1 Å². The summed E-state index contributed by atoms with van der Waals surface area (Å²) in [5.41, 5.74) is 4.56. The first-order valence-corrected chi connectivity index (χ1v) is 9.03. The average Bonchev–Trinajstić information content (AvgIpc) is 3.04. The van der Waals surface area contributed by atoms with Crippen molar-refractivity contribution in [3.05, 3.63) is 89.3 Å². The maximum Gasteiger partial charge on any atom is 0.268 e. The number of nitrogens with one attached hydrogen (secondary N) is 1. The molecular formula is C22H18ClN3O. The van der Waals surface area contributed by atoms with Crippen LogP contribution in [0.3, 0.4) is 0 Å². The molecule has 134 valence electrons. The zero-order valence-corrected chi connectivity index (χ0v) is 15.6. The van der Waals surface area contributed by atoms with Gasteiger partial charge in [0.25, 0.3) is 5.91 Å². The molecule has 27 heavy (non-hydrogen) atoms. The molecule has 0 spiro atoms. The molecule has 1 amide bonds. The van der Waals surface area contributed by atoms with Gasteiger partial charge in [-0.25, -0.2) is 0 Å². The quantitative estimate of drug-likeness (QED) is 0.555. The topological polar surface area (TPSA) is 46.9 Å². The molecule has 0 aliphatic carbocycles. The maximum absolute atomic E-state index is 12.8. The van der Waals surface area contributed by atoms with E-state index in [4.69, 9.17) is 11.6 Å². The fraction of sp³-hybridized carbons (Fsp3) is 0.0909. The van der Waals surface area contributed by atoms with Gasteiger partial charge in [0, 0.05) is 35.8 Å². The molecule has 4 rings (SSSR count). The number of rotatable bonds is 4. The lowest BCUT2D eigenvalue weighted by molar-refractivity contribution is 0.0943. The zero-order chi connectivity index (χ0) is 18.8. The Morgan fingerprint density at radius 1 is 1.07 bits per heavy atom.